The van der Waals surface area contributed by atoms with E-state index in [1.165, 1.54) is 5.56 Å². The van der Waals surface area contributed by atoms with Crippen molar-refractivity contribution in [3.8, 4) is 0 Å². The Morgan fingerprint density at radius 3 is 2.65 bits per heavy atom. The molecule has 0 aliphatic heterocycles. The van der Waals surface area contributed by atoms with Crippen LogP contribution in [0.25, 0.3) is 21.9 Å². The fourth-order valence-electron chi connectivity index (χ4n) is 1.95. The second-order valence-corrected chi connectivity index (χ2v) is 4.21. The summed E-state index contributed by atoms with van der Waals surface area (Å²) in [6.07, 6.45) is 0. The number of aromatic nitrogens is 3. The predicted octanol–water partition coefficient (Wildman–Crippen LogP) is 2.38. The van der Waals surface area contributed by atoms with Gasteiger partial charge in [-0.2, -0.15) is 0 Å². The molecule has 4 heteroatoms. The Balaban J connectivity index is 2.47. The average Bonchev–Trinajstić information content (AvgIpc) is 2.26. The topological polar surface area (TPSA) is 64.7 Å². The van der Waals surface area contributed by atoms with E-state index in [1.54, 1.807) is 0 Å². The number of hydrogen-bond acceptors (Lipinski definition) is 4. The Hall–Kier alpha value is -2.23. The molecule has 0 radical (unpaired) electrons. The molecule has 2 N–H and O–H groups in total. The first-order valence-corrected chi connectivity index (χ1v) is 5.45. The first kappa shape index (κ1) is 9.96. The second-order valence-electron chi connectivity index (χ2n) is 4.21. The maximum Gasteiger partial charge on any atom is 0.165 e. The van der Waals surface area contributed by atoms with Gasteiger partial charge >= 0.3 is 0 Å². The zero-order valence-electron chi connectivity index (χ0n) is 9.73. The van der Waals surface area contributed by atoms with Crippen molar-refractivity contribution in [2.45, 2.75) is 13.8 Å². The molecule has 0 unspecified atom stereocenters. The number of benzene rings is 1. The molecule has 0 amide bonds. The van der Waals surface area contributed by atoms with Crippen LogP contribution in [0.3, 0.4) is 0 Å². The van der Waals surface area contributed by atoms with Gasteiger partial charge in [0.15, 0.2) is 5.65 Å². The molecule has 17 heavy (non-hydrogen) atoms. The summed E-state index contributed by atoms with van der Waals surface area (Å²) < 4.78 is 0. The summed E-state index contributed by atoms with van der Waals surface area (Å²) in [5, 5.41) is 1.87. The highest BCUT2D eigenvalue weighted by atomic mass is 15.0. The molecule has 4 nitrogen and oxygen atoms in total. The number of pyridine rings is 1. The molecule has 1 aromatic carbocycles. The van der Waals surface area contributed by atoms with Gasteiger partial charge < -0.3 is 5.73 Å². The van der Waals surface area contributed by atoms with Gasteiger partial charge in [0, 0.05) is 5.39 Å². The average molecular weight is 224 g/mol. The minimum absolute atomic E-state index is 0.488. The number of nitrogens with two attached hydrogens (primary N) is 1. The third-order valence-electron chi connectivity index (χ3n) is 2.78. The summed E-state index contributed by atoms with van der Waals surface area (Å²) in [6, 6.07) is 8.13. The lowest BCUT2D eigenvalue weighted by atomic mass is 10.1. The van der Waals surface area contributed by atoms with Crippen molar-refractivity contribution >= 4 is 27.8 Å². The summed E-state index contributed by atoms with van der Waals surface area (Å²) in [5.74, 6) is 1.14. The quantitative estimate of drug-likeness (QED) is 0.595. The fraction of sp³-hybridized carbons (Fsp3) is 0.154. The smallest absolute Gasteiger partial charge is 0.165 e. The van der Waals surface area contributed by atoms with Crippen LogP contribution in [0.2, 0.25) is 0 Å². The van der Waals surface area contributed by atoms with Gasteiger partial charge in [0.1, 0.15) is 11.6 Å². The minimum atomic E-state index is 0.488. The van der Waals surface area contributed by atoms with Gasteiger partial charge in [-0.15, -0.1) is 0 Å². The number of nitrogen functional groups attached to an aromatic ring is 1. The summed E-state index contributed by atoms with van der Waals surface area (Å²) >= 11 is 0. The molecule has 0 atom stereocenters. The molecule has 84 valence electrons. The highest BCUT2D eigenvalue weighted by Crippen LogP contribution is 2.22. The van der Waals surface area contributed by atoms with Crippen LogP contribution >= 0.6 is 0 Å². The van der Waals surface area contributed by atoms with Crippen LogP contribution in [-0.4, -0.2) is 15.0 Å². The maximum atomic E-state index is 5.89. The first-order chi connectivity index (χ1) is 8.13. The van der Waals surface area contributed by atoms with Crippen LogP contribution < -0.4 is 5.73 Å². The van der Waals surface area contributed by atoms with Crippen molar-refractivity contribution < 1.29 is 0 Å². The highest BCUT2D eigenvalue weighted by molar-refractivity contribution is 5.95. The lowest BCUT2D eigenvalue weighted by Crippen LogP contribution is -1.99. The number of rotatable bonds is 0. The van der Waals surface area contributed by atoms with Gasteiger partial charge in [-0.25, -0.2) is 15.0 Å². The van der Waals surface area contributed by atoms with Crippen LogP contribution in [0.4, 0.5) is 5.82 Å². The monoisotopic (exact) mass is 224 g/mol. The highest BCUT2D eigenvalue weighted by Gasteiger charge is 2.06. The second kappa shape index (κ2) is 3.38. The van der Waals surface area contributed by atoms with Crippen molar-refractivity contribution in [1.82, 2.24) is 15.0 Å². The molecule has 2 heterocycles. The number of hydrogen-bond donors (Lipinski definition) is 1. The summed E-state index contributed by atoms with van der Waals surface area (Å²) in [7, 11) is 0. The molecule has 0 saturated carbocycles. The van der Waals surface area contributed by atoms with Crippen molar-refractivity contribution in [1.29, 1.82) is 0 Å². The molecule has 0 aliphatic rings. The van der Waals surface area contributed by atoms with E-state index in [0.29, 0.717) is 17.3 Å². The first-order valence-electron chi connectivity index (χ1n) is 5.45. The third kappa shape index (κ3) is 1.58. The van der Waals surface area contributed by atoms with Crippen LogP contribution in [0, 0.1) is 13.8 Å². The molecule has 0 fully saturated rings. The summed E-state index contributed by atoms with van der Waals surface area (Å²) in [4.78, 5) is 13.0. The van der Waals surface area contributed by atoms with E-state index in [4.69, 9.17) is 5.73 Å². The third-order valence-corrected chi connectivity index (χ3v) is 2.78. The van der Waals surface area contributed by atoms with Gasteiger partial charge in [0.2, 0.25) is 0 Å². The van der Waals surface area contributed by atoms with E-state index in [2.05, 4.69) is 21.0 Å². The van der Waals surface area contributed by atoms with Gasteiger partial charge in [-0.1, -0.05) is 12.1 Å². The Morgan fingerprint density at radius 1 is 1.00 bits per heavy atom. The SMILES string of the molecule is Cc1ccc2cc3c(N)nc(C)nc3nc2c1. The van der Waals surface area contributed by atoms with Crippen molar-refractivity contribution in [2.75, 3.05) is 5.73 Å². The van der Waals surface area contributed by atoms with E-state index < -0.39 is 0 Å². The van der Waals surface area contributed by atoms with Gasteiger partial charge in [0.05, 0.1) is 10.9 Å². The molecule has 0 spiro atoms. The van der Waals surface area contributed by atoms with Crippen LogP contribution in [0.1, 0.15) is 11.4 Å². The molecular formula is C13H12N4. The molecule has 3 aromatic rings. The lowest BCUT2D eigenvalue weighted by molar-refractivity contribution is 1.08. The van der Waals surface area contributed by atoms with Crippen molar-refractivity contribution in [3.05, 3.63) is 35.7 Å². The van der Waals surface area contributed by atoms with Gasteiger partial charge in [0.25, 0.3) is 0 Å². The standard InChI is InChI=1S/C13H12N4/c1-7-3-4-9-6-10-12(14)15-8(2)16-13(10)17-11(9)5-7/h3-6H,1-2H3,(H2,14,15,16,17). The zero-order chi connectivity index (χ0) is 12.0. The Morgan fingerprint density at radius 2 is 1.82 bits per heavy atom. The maximum absolute atomic E-state index is 5.89. The van der Waals surface area contributed by atoms with E-state index in [0.717, 1.165) is 16.3 Å². The molecule has 3 rings (SSSR count). The zero-order valence-corrected chi connectivity index (χ0v) is 9.73. The number of anilines is 1. The Kier molecular flexibility index (Phi) is 1.98. The van der Waals surface area contributed by atoms with E-state index in [9.17, 15) is 0 Å². The van der Waals surface area contributed by atoms with Gasteiger partial charge in [-0.3, -0.25) is 0 Å². The molecular weight excluding hydrogens is 212 g/mol. The van der Waals surface area contributed by atoms with Crippen molar-refractivity contribution in [2.24, 2.45) is 0 Å². The van der Waals surface area contributed by atoms with E-state index in [-0.39, 0.29) is 0 Å². The molecule has 2 aromatic heterocycles. The molecule has 0 aliphatic carbocycles. The van der Waals surface area contributed by atoms with E-state index in [1.807, 2.05) is 32.0 Å². The number of fused-ring (bicyclic) bond motifs is 2. The predicted molar refractivity (Wildman–Crippen MR) is 68.7 cm³/mol. The van der Waals surface area contributed by atoms with Crippen LogP contribution in [-0.2, 0) is 0 Å². The number of aryl methyl sites for hydroxylation is 2. The fourth-order valence-corrected chi connectivity index (χ4v) is 1.95. The molecule has 0 bridgehead atoms. The summed E-state index contributed by atoms with van der Waals surface area (Å²) in [5.41, 5.74) is 8.67. The van der Waals surface area contributed by atoms with E-state index >= 15 is 0 Å². The lowest BCUT2D eigenvalue weighted by Gasteiger charge is -2.04. The Labute approximate surface area is 98.5 Å². The largest absolute Gasteiger partial charge is 0.383 e. The van der Waals surface area contributed by atoms with Crippen LogP contribution in [0.5, 0.6) is 0 Å². The normalized spacial score (nSPS) is 11.2. The molecule has 0 saturated heterocycles. The van der Waals surface area contributed by atoms with Crippen LogP contribution in [0.15, 0.2) is 24.3 Å². The Bertz CT molecular complexity index is 734. The van der Waals surface area contributed by atoms with Gasteiger partial charge in [-0.05, 0) is 31.5 Å². The minimum Gasteiger partial charge on any atom is -0.383 e. The number of nitrogens with zero attached hydrogens (tertiary/aromatic N) is 3. The summed E-state index contributed by atoms with van der Waals surface area (Å²) in [6.45, 7) is 3.86. The van der Waals surface area contributed by atoms with Crippen molar-refractivity contribution in [3.63, 3.8) is 0 Å².